The van der Waals surface area contributed by atoms with Crippen LogP contribution in [-0.4, -0.2) is 31.9 Å². The van der Waals surface area contributed by atoms with Gasteiger partial charge in [-0.3, -0.25) is 14.6 Å². The Bertz CT molecular complexity index is 1120. The highest BCUT2D eigenvalue weighted by molar-refractivity contribution is 6.09. The lowest BCUT2D eigenvalue weighted by molar-refractivity contribution is -0.121. The number of rotatable bonds is 6. The molecule has 0 radical (unpaired) electrons. The van der Waals surface area contributed by atoms with E-state index in [2.05, 4.69) is 10.3 Å². The Morgan fingerprint density at radius 2 is 1.87 bits per heavy atom. The number of hydrogen-bond donors (Lipinski definition) is 3. The average Bonchev–Trinajstić information content (AvgIpc) is 3.01. The Balaban J connectivity index is 1.99. The van der Waals surface area contributed by atoms with Crippen molar-refractivity contribution in [1.29, 1.82) is 0 Å². The minimum Gasteiger partial charge on any atom is -0.389 e. The van der Waals surface area contributed by atoms with Crippen LogP contribution in [0.1, 0.15) is 36.3 Å². The Labute approximate surface area is 180 Å². The third kappa shape index (κ3) is 4.22. The molecular formula is C24H26N4O3. The lowest BCUT2D eigenvalue weighted by atomic mass is 9.85. The van der Waals surface area contributed by atoms with Crippen LogP contribution in [0.4, 0.5) is 11.4 Å². The average molecular weight is 418 g/mol. The fraction of sp³-hybridized carbons (Fsp3) is 0.292. The highest BCUT2D eigenvalue weighted by atomic mass is 16.3. The summed E-state index contributed by atoms with van der Waals surface area (Å²) in [6, 6.07) is 13.3. The van der Waals surface area contributed by atoms with Gasteiger partial charge in [0.15, 0.2) is 5.78 Å². The van der Waals surface area contributed by atoms with Gasteiger partial charge in [-0.25, -0.2) is 0 Å². The van der Waals surface area contributed by atoms with Gasteiger partial charge < -0.3 is 20.7 Å². The molecule has 0 spiro atoms. The molecule has 1 aliphatic carbocycles. The second-order valence-corrected chi connectivity index (χ2v) is 8.60. The molecular weight excluding hydrogens is 392 g/mol. The van der Waals surface area contributed by atoms with Gasteiger partial charge >= 0.3 is 0 Å². The zero-order valence-corrected chi connectivity index (χ0v) is 17.6. The van der Waals surface area contributed by atoms with Crippen LogP contribution in [0, 0.1) is 5.92 Å². The maximum Gasteiger partial charge on any atom is 0.221 e. The second-order valence-electron chi connectivity index (χ2n) is 8.60. The number of nitrogens with zero attached hydrogens (tertiary/aromatic N) is 2. The SMILES string of the molecule is CC(C)(O)Cn1c2c(c(Nc3ccccc3)c1-c1ccncc1)C(=O)CC(C(N)=O)C2. The van der Waals surface area contributed by atoms with E-state index < -0.39 is 17.4 Å². The van der Waals surface area contributed by atoms with Gasteiger partial charge in [0.2, 0.25) is 5.91 Å². The van der Waals surface area contributed by atoms with Crippen LogP contribution in [0.15, 0.2) is 54.9 Å². The number of nitrogens with one attached hydrogen (secondary N) is 1. The largest absolute Gasteiger partial charge is 0.389 e. The first kappa shape index (κ1) is 20.8. The van der Waals surface area contributed by atoms with Gasteiger partial charge in [0.25, 0.3) is 0 Å². The normalized spacial score (nSPS) is 16.1. The summed E-state index contributed by atoms with van der Waals surface area (Å²) in [5, 5.41) is 14.1. The summed E-state index contributed by atoms with van der Waals surface area (Å²) in [4.78, 5) is 29.3. The van der Waals surface area contributed by atoms with Crippen molar-refractivity contribution in [3.63, 3.8) is 0 Å². The summed E-state index contributed by atoms with van der Waals surface area (Å²) in [5.74, 6) is -1.18. The molecule has 4 N–H and O–H groups in total. The lowest BCUT2D eigenvalue weighted by Gasteiger charge is -2.25. The van der Waals surface area contributed by atoms with Crippen molar-refractivity contribution in [3.8, 4) is 11.3 Å². The number of carbonyl (C=O) groups is 2. The molecule has 1 aliphatic rings. The predicted octanol–water partition coefficient (Wildman–Crippen LogP) is 3.30. The number of aliphatic hydroxyl groups is 1. The van der Waals surface area contributed by atoms with E-state index in [0.717, 1.165) is 16.9 Å². The topological polar surface area (TPSA) is 110 Å². The number of hydrogen-bond acceptors (Lipinski definition) is 5. The molecule has 0 saturated heterocycles. The molecule has 0 saturated carbocycles. The van der Waals surface area contributed by atoms with Gasteiger partial charge in [0.1, 0.15) is 0 Å². The number of pyridine rings is 1. The van der Waals surface area contributed by atoms with Crippen molar-refractivity contribution in [2.45, 2.75) is 38.8 Å². The summed E-state index contributed by atoms with van der Waals surface area (Å²) in [6.07, 6.45) is 3.81. The van der Waals surface area contributed by atoms with E-state index in [1.165, 1.54) is 0 Å². The van der Waals surface area contributed by atoms with Crippen LogP contribution in [0.25, 0.3) is 11.3 Å². The number of benzene rings is 1. The number of primary amides is 1. The molecule has 4 rings (SSSR count). The van der Waals surface area contributed by atoms with E-state index >= 15 is 0 Å². The van der Waals surface area contributed by atoms with Gasteiger partial charge in [-0.2, -0.15) is 0 Å². The molecule has 7 heteroatoms. The fourth-order valence-corrected chi connectivity index (χ4v) is 4.17. The molecule has 1 aromatic carbocycles. The molecule has 1 amide bonds. The number of anilines is 2. The quantitative estimate of drug-likeness (QED) is 0.569. The fourth-order valence-electron chi connectivity index (χ4n) is 4.17. The standard InChI is InChI=1S/C24H26N4O3/c1-24(2,31)14-28-18-12-16(23(25)30)13-19(29)20(18)21(27-17-6-4-3-5-7-17)22(28)15-8-10-26-11-9-15/h3-11,16,27,31H,12-14H2,1-2H3,(H2,25,30). The smallest absolute Gasteiger partial charge is 0.221 e. The van der Waals surface area contributed by atoms with Crippen molar-refractivity contribution in [2.75, 3.05) is 5.32 Å². The Morgan fingerprint density at radius 3 is 2.48 bits per heavy atom. The monoisotopic (exact) mass is 418 g/mol. The second kappa shape index (κ2) is 8.00. The van der Waals surface area contributed by atoms with Crippen molar-refractivity contribution in [3.05, 3.63) is 66.1 Å². The molecule has 0 fully saturated rings. The number of aromatic nitrogens is 2. The molecule has 2 aromatic heterocycles. The van der Waals surface area contributed by atoms with Crippen molar-refractivity contribution in [2.24, 2.45) is 11.7 Å². The first-order chi connectivity index (χ1) is 14.7. The van der Waals surface area contributed by atoms with E-state index in [-0.39, 0.29) is 18.7 Å². The van der Waals surface area contributed by atoms with Gasteiger partial charge in [-0.15, -0.1) is 0 Å². The molecule has 0 bridgehead atoms. The van der Waals surface area contributed by atoms with Crippen LogP contribution in [-0.2, 0) is 17.8 Å². The maximum atomic E-state index is 13.2. The van der Waals surface area contributed by atoms with E-state index in [0.29, 0.717) is 23.4 Å². The molecule has 7 nitrogen and oxygen atoms in total. The Morgan fingerprint density at radius 1 is 1.19 bits per heavy atom. The van der Waals surface area contributed by atoms with Crippen molar-refractivity contribution >= 4 is 23.1 Å². The van der Waals surface area contributed by atoms with E-state index in [9.17, 15) is 14.7 Å². The van der Waals surface area contributed by atoms with Gasteiger partial charge in [0.05, 0.1) is 35.0 Å². The van der Waals surface area contributed by atoms with Crippen molar-refractivity contribution < 1.29 is 14.7 Å². The molecule has 0 aliphatic heterocycles. The van der Waals surface area contributed by atoms with Gasteiger partial charge in [-0.05, 0) is 38.1 Å². The first-order valence-corrected chi connectivity index (χ1v) is 10.3. The molecule has 1 atom stereocenters. The summed E-state index contributed by atoms with van der Waals surface area (Å²) < 4.78 is 1.95. The first-order valence-electron chi connectivity index (χ1n) is 10.3. The third-order valence-corrected chi connectivity index (χ3v) is 5.47. The predicted molar refractivity (Wildman–Crippen MR) is 119 cm³/mol. The molecule has 2 heterocycles. The molecule has 160 valence electrons. The van der Waals surface area contributed by atoms with Crippen LogP contribution >= 0.6 is 0 Å². The summed E-state index contributed by atoms with van der Waals surface area (Å²) >= 11 is 0. The van der Waals surface area contributed by atoms with Crippen LogP contribution < -0.4 is 11.1 Å². The molecule has 31 heavy (non-hydrogen) atoms. The summed E-state index contributed by atoms with van der Waals surface area (Å²) in [5.41, 5.74) is 8.94. The third-order valence-electron chi connectivity index (χ3n) is 5.47. The summed E-state index contributed by atoms with van der Waals surface area (Å²) in [7, 11) is 0. The number of nitrogens with two attached hydrogens (primary N) is 1. The zero-order valence-electron chi connectivity index (χ0n) is 17.6. The van der Waals surface area contributed by atoms with E-state index in [4.69, 9.17) is 5.73 Å². The number of Topliss-reactive ketones (excluding diaryl/α,β-unsaturated/α-hetero) is 1. The number of carbonyl (C=O) groups excluding carboxylic acids is 2. The number of amides is 1. The van der Waals surface area contributed by atoms with Crippen LogP contribution in [0.5, 0.6) is 0 Å². The van der Waals surface area contributed by atoms with Crippen molar-refractivity contribution in [1.82, 2.24) is 9.55 Å². The maximum absolute atomic E-state index is 13.2. The Kier molecular flexibility index (Phi) is 5.37. The van der Waals surface area contributed by atoms with Gasteiger partial charge in [-0.1, -0.05) is 18.2 Å². The molecule has 3 aromatic rings. The minimum absolute atomic E-state index is 0.0775. The van der Waals surface area contributed by atoms with Gasteiger partial charge in [0, 0.05) is 42.2 Å². The number of ketones is 1. The number of para-hydroxylation sites is 1. The zero-order chi connectivity index (χ0) is 22.2. The highest BCUT2D eigenvalue weighted by Crippen LogP contribution is 2.43. The Hall–Kier alpha value is -3.45. The van der Waals surface area contributed by atoms with Crippen LogP contribution in [0.3, 0.4) is 0 Å². The number of fused-ring (bicyclic) bond motifs is 1. The lowest BCUT2D eigenvalue weighted by Crippen LogP contribution is -2.34. The minimum atomic E-state index is -1.04. The van der Waals surface area contributed by atoms with E-state index in [1.807, 2.05) is 47.0 Å². The van der Waals surface area contributed by atoms with Crippen LogP contribution in [0.2, 0.25) is 0 Å². The highest BCUT2D eigenvalue weighted by Gasteiger charge is 2.37. The summed E-state index contributed by atoms with van der Waals surface area (Å²) in [6.45, 7) is 3.69. The molecule has 1 unspecified atom stereocenters. The van der Waals surface area contributed by atoms with E-state index in [1.54, 1.807) is 26.2 Å².